The van der Waals surface area contributed by atoms with Crippen molar-refractivity contribution in [1.82, 2.24) is 0 Å². The second kappa shape index (κ2) is 7.64. The highest BCUT2D eigenvalue weighted by Gasteiger charge is 2.31. The van der Waals surface area contributed by atoms with E-state index in [1.54, 1.807) is 12.2 Å². The largest absolute Gasteiger partial charge is 0.469 e. The molecule has 1 aliphatic rings. The molecule has 20 heavy (non-hydrogen) atoms. The molecule has 0 saturated carbocycles. The molecule has 0 aromatic heterocycles. The summed E-state index contributed by atoms with van der Waals surface area (Å²) in [5, 5.41) is 0. The molecule has 0 spiro atoms. The molecule has 0 bridgehead atoms. The van der Waals surface area contributed by atoms with Crippen molar-refractivity contribution in [2.45, 2.75) is 38.6 Å². The molecule has 1 heterocycles. The number of carbonyl (C=O) groups excluding carboxylic acids is 3. The average Bonchev–Trinajstić information content (AvgIpc) is 2.37. The van der Waals surface area contributed by atoms with Gasteiger partial charge in [-0.2, -0.15) is 0 Å². The zero-order valence-corrected chi connectivity index (χ0v) is 11.7. The lowest BCUT2D eigenvalue weighted by atomic mass is 10.1. The van der Waals surface area contributed by atoms with E-state index >= 15 is 0 Å². The van der Waals surface area contributed by atoms with Crippen molar-refractivity contribution < 1.29 is 33.3 Å². The number of rotatable bonds is 5. The zero-order valence-electron chi connectivity index (χ0n) is 11.7. The third kappa shape index (κ3) is 5.40. The molecule has 1 aliphatic heterocycles. The van der Waals surface area contributed by atoms with Gasteiger partial charge in [0.15, 0.2) is 0 Å². The van der Waals surface area contributed by atoms with Crippen LogP contribution >= 0.6 is 0 Å². The van der Waals surface area contributed by atoms with Crippen LogP contribution in [0.4, 0.5) is 0 Å². The fourth-order valence-electron chi connectivity index (χ4n) is 1.71. The standard InChI is InChI=1S/C13H18O7/c1-8(14)18-7-12-11(19-9(2)15)5-4-10(20-12)6-13(16)17-3/h4-5,10-12H,6-7H2,1-3H3/t10-,11-,12-/m1/s1. The van der Waals surface area contributed by atoms with Crippen LogP contribution in [0.15, 0.2) is 12.2 Å². The highest BCUT2D eigenvalue weighted by Crippen LogP contribution is 2.19. The molecule has 0 radical (unpaired) electrons. The second-order valence-corrected chi connectivity index (χ2v) is 4.25. The summed E-state index contributed by atoms with van der Waals surface area (Å²) in [6, 6.07) is 0. The molecule has 7 heteroatoms. The van der Waals surface area contributed by atoms with Crippen molar-refractivity contribution in [1.29, 1.82) is 0 Å². The predicted molar refractivity (Wildman–Crippen MR) is 66.6 cm³/mol. The summed E-state index contributed by atoms with van der Waals surface area (Å²) in [6.07, 6.45) is 1.47. The van der Waals surface area contributed by atoms with Crippen LogP contribution in [0, 0.1) is 0 Å². The van der Waals surface area contributed by atoms with Crippen LogP contribution in [0.5, 0.6) is 0 Å². The molecule has 0 aromatic rings. The van der Waals surface area contributed by atoms with Crippen molar-refractivity contribution in [2.24, 2.45) is 0 Å². The van der Waals surface area contributed by atoms with Crippen LogP contribution in [-0.2, 0) is 33.3 Å². The van der Waals surface area contributed by atoms with Gasteiger partial charge in [-0.05, 0) is 6.08 Å². The SMILES string of the molecule is COC(=O)C[C@H]1C=C[C@@H](OC(C)=O)[C@@H](COC(C)=O)O1. The van der Waals surface area contributed by atoms with Crippen molar-refractivity contribution >= 4 is 17.9 Å². The maximum absolute atomic E-state index is 11.2. The van der Waals surface area contributed by atoms with Gasteiger partial charge in [-0.25, -0.2) is 0 Å². The lowest BCUT2D eigenvalue weighted by Gasteiger charge is -2.31. The molecule has 1 rings (SSSR count). The molecule has 7 nitrogen and oxygen atoms in total. The minimum Gasteiger partial charge on any atom is -0.469 e. The summed E-state index contributed by atoms with van der Waals surface area (Å²) >= 11 is 0. The number of esters is 3. The van der Waals surface area contributed by atoms with Gasteiger partial charge in [0, 0.05) is 13.8 Å². The summed E-state index contributed by atoms with van der Waals surface area (Å²) in [5.41, 5.74) is 0. The van der Waals surface area contributed by atoms with Gasteiger partial charge in [0.1, 0.15) is 18.8 Å². The van der Waals surface area contributed by atoms with E-state index in [2.05, 4.69) is 4.74 Å². The monoisotopic (exact) mass is 286 g/mol. The number of methoxy groups -OCH3 is 1. The molecular formula is C13H18O7. The Balaban J connectivity index is 2.68. The normalized spacial score (nSPS) is 24.9. The first-order valence-corrected chi connectivity index (χ1v) is 6.13. The van der Waals surface area contributed by atoms with E-state index in [1.165, 1.54) is 21.0 Å². The van der Waals surface area contributed by atoms with Crippen LogP contribution in [0.3, 0.4) is 0 Å². The molecule has 0 amide bonds. The van der Waals surface area contributed by atoms with E-state index < -0.39 is 36.2 Å². The first-order valence-electron chi connectivity index (χ1n) is 6.13. The van der Waals surface area contributed by atoms with Crippen LogP contribution in [0.25, 0.3) is 0 Å². The Labute approximate surface area is 116 Å². The summed E-state index contributed by atoms with van der Waals surface area (Å²) in [6.45, 7) is 2.48. The fraction of sp³-hybridized carbons (Fsp3) is 0.615. The molecule has 0 saturated heterocycles. The Kier molecular flexibility index (Phi) is 6.17. The molecule has 0 N–H and O–H groups in total. The van der Waals surface area contributed by atoms with Gasteiger partial charge in [0.05, 0.1) is 19.6 Å². The summed E-state index contributed by atoms with van der Waals surface area (Å²) < 4.78 is 20.1. The lowest BCUT2D eigenvalue weighted by molar-refractivity contribution is -0.166. The van der Waals surface area contributed by atoms with Gasteiger partial charge in [-0.15, -0.1) is 0 Å². The quantitative estimate of drug-likeness (QED) is 0.410. The zero-order chi connectivity index (χ0) is 15.1. The molecule has 0 fully saturated rings. The van der Waals surface area contributed by atoms with E-state index in [0.29, 0.717) is 0 Å². The van der Waals surface area contributed by atoms with E-state index in [9.17, 15) is 14.4 Å². The Morgan fingerprint density at radius 2 is 1.85 bits per heavy atom. The summed E-state index contributed by atoms with van der Waals surface area (Å²) in [7, 11) is 1.28. The minimum absolute atomic E-state index is 0.0381. The van der Waals surface area contributed by atoms with Gasteiger partial charge < -0.3 is 18.9 Å². The van der Waals surface area contributed by atoms with Gasteiger partial charge >= 0.3 is 17.9 Å². The topological polar surface area (TPSA) is 88.1 Å². The highest BCUT2D eigenvalue weighted by atomic mass is 16.6. The third-order valence-electron chi connectivity index (χ3n) is 2.58. The van der Waals surface area contributed by atoms with E-state index in [1.807, 2.05) is 0 Å². The van der Waals surface area contributed by atoms with E-state index in [4.69, 9.17) is 14.2 Å². The Morgan fingerprint density at radius 3 is 2.40 bits per heavy atom. The first kappa shape index (κ1) is 16.2. The molecule has 112 valence electrons. The fourth-order valence-corrected chi connectivity index (χ4v) is 1.71. The second-order valence-electron chi connectivity index (χ2n) is 4.25. The van der Waals surface area contributed by atoms with E-state index in [0.717, 1.165) is 0 Å². The predicted octanol–water partition coefficient (Wildman–Crippen LogP) is 0.368. The molecular weight excluding hydrogens is 268 g/mol. The highest BCUT2D eigenvalue weighted by molar-refractivity contribution is 5.70. The average molecular weight is 286 g/mol. The van der Waals surface area contributed by atoms with Gasteiger partial charge in [-0.3, -0.25) is 14.4 Å². The number of hydrogen-bond acceptors (Lipinski definition) is 7. The maximum atomic E-state index is 11.2. The van der Waals surface area contributed by atoms with Gasteiger partial charge in [0.2, 0.25) is 0 Å². The van der Waals surface area contributed by atoms with Gasteiger partial charge in [0.25, 0.3) is 0 Å². The first-order chi connectivity index (χ1) is 9.42. The molecule has 0 aromatic carbocycles. The smallest absolute Gasteiger partial charge is 0.308 e. The van der Waals surface area contributed by atoms with Gasteiger partial charge in [-0.1, -0.05) is 6.08 Å². The van der Waals surface area contributed by atoms with Crippen LogP contribution in [0.1, 0.15) is 20.3 Å². The lowest BCUT2D eigenvalue weighted by Crippen LogP contribution is -2.42. The van der Waals surface area contributed by atoms with Crippen molar-refractivity contribution in [2.75, 3.05) is 13.7 Å². The Bertz CT molecular complexity index is 402. The molecule has 3 atom stereocenters. The number of ether oxygens (including phenoxy) is 4. The summed E-state index contributed by atoms with van der Waals surface area (Å²) in [4.78, 5) is 33.1. The Hall–Kier alpha value is -1.89. The van der Waals surface area contributed by atoms with Crippen molar-refractivity contribution in [3.8, 4) is 0 Å². The summed E-state index contributed by atoms with van der Waals surface area (Å²) in [5.74, 6) is -1.35. The van der Waals surface area contributed by atoms with E-state index in [-0.39, 0.29) is 13.0 Å². The molecule has 0 unspecified atom stereocenters. The third-order valence-corrected chi connectivity index (χ3v) is 2.58. The van der Waals surface area contributed by atoms with Crippen LogP contribution in [0.2, 0.25) is 0 Å². The Morgan fingerprint density at radius 1 is 1.15 bits per heavy atom. The van der Waals surface area contributed by atoms with Crippen molar-refractivity contribution in [3.63, 3.8) is 0 Å². The number of carbonyl (C=O) groups is 3. The maximum Gasteiger partial charge on any atom is 0.308 e. The van der Waals surface area contributed by atoms with Crippen molar-refractivity contribution in [3.05, 3.63) is 12.2 Å². The molecule has 0 aliphatic carbocycles. The van der Waals surface area contributed by atoms with Crippen LogP contribution in [-0.4, -0.2) is 49.9 Å². The minimum atomic E-state index is -0.652. The van der Waals surface area contributed by atoms with Crippen LogP contribution < -0.4 is 0 Å². The number of hydrogen-bond donors (Lipinski definition) is 0.